The van der Waals surface area contributed by atoms with Gasteiger partial charge in [0.2, 0.25) is 0 Å². The molecule has 0 aromatic heterocycles. The molecule has 0 unspecified atom stereocenters. The lowest BCUT2D eigenvalue weighted by Crippen LogP contribution is -1.73. The molecular weight excluding hydrogens is 134 g/mol. The van der Waals surface area contributed by atoms with Gasteiger partial charge in [0, 0.05) is 0 Å². The number of hydrogen-bond donors (Lipinski definition) is 2. The zero-order chi connectivity index (χ0) is 7.28. The standard InChI is InChI=1S/C4H4F2O3/c5-3(7)1-9-2-4(6)8/h1-2,7-8H. The highest BCUT2D eigenvalue weighted by molar-refractivity contribution is 4.76. The molecule has 0 aromatic rings. The first-order chi connectivity index (χ1) is 4.13. The monoisotopic (exact) mass is 138 g/mol. The molecule has 0 fully saturated rings. The van der Waals surface area contributed by atoms with Crippen molar-refractivity contribution in [3.63, 3.8) is 0 Å². The van der Waals surface area contributed by atoms with E-state index in [1.54, 1.807) is 0 Å². The Hall–Kier alpha value is -1.26. The lowest BCUT2D eigenvalue weighted by molar-refractivity contribution is 0.221. The number of rotatable bonds is 2. The largest absolute Gasteiger partial charge is 0.484 e. The van der Waals surface area contributed by atoms with Crippen LogP contribution in [0, 0.1) is 0 Å². The quantitative estimate of drug-likeness (QED) is 0.570. The molecule has 5 heteroatoms. The number of aliphatic hydroxyl groups is 2. The van der Waals surface area contributed by atoms with Crippen LogP contribution in [0.15, 0.2) is 24.6 Å². The molecule has 52 valence electrons. The summed E-state index contributed by atoms with van der Waals surface area (Å²) in [4.78, 5) is 0. The van der Waals surface area contributed by atoms with Crippen LogP contribution >= 0.6 is 0 Å². The third-order valence-corrected chi connectivity index (χ3v) is 0.331. The van der Waals surface area contributed by atoms with Gasteiger partial charge in [-0.1, -0.05) is 0 Å². The highest BCUT2D eigenvalue weighted by atomic mass is 19.1. The van der Waals surface area contributed by atoms with E-state index in [-0.39, 0.29) is 12.5 Å². The van der Waals surface area contributed by atoms with E-state index in [0.717, 1.165) is 0 Å². The first-order valence-corrected chi connectivity index (χ1v) is 1.87. The topological polar surface area (TPSA) is 49.7 Å². The number of aliphatic hydroxyl groups excluding tert-OH is 2. The Kier molecular flexibility index (Phi) is 3.19. The zero-order valence-corrected chi connectivity index (χ0v) is 4.21. The second-order valence-corrected chi connectivity index (χ2v) is 1.02. The molecule has 0 saturated carbocycles. The van der Waals surface area contributed by atoms with Crippen LogP contribution in [0.2, 0.25) is 0 Å². The molecule has 0 aliphatic rings. The molecule has 0 amide bonds. The maximum Gasteiger partial charge on any atom is 0.306 e. The van der Waals surface area contributed by atoms with Crippen LogP contribution < -0.4 is 0 Å². The van der Waals surface area contributed by atoms with Crippen LogP contribution in [-0.4, -0.2) is 10.2 Å². The second-order valence-electron chi connectivity index (χ2n) is 1.02. The zero-order valence-electron chi connectivity index (χ0n) is 4.21. The van der Waals surface area contributed by atoms with Gasteiger partial charge in [-0.05, 0) is 0 Å². The summed E-state index contributed by atoms with van der Waals surface area (Å²) < 4.78 is 26.2. The molecule has 0 spiro atoms. The molecular formula is C4H4F2O3. The summed E-state index contributed by atoms with van der Waals surface area (Å²) in [5.41, 5.74) is 0. The van der Waals surface area contributed by atoms with E-state index in [1.807, 2.05) is 0 Å². The molecule has 0 saturated heterocycles. The summed E-state index contributed by atoms with van der Waals surface area (Å²) in [7, 11) is 0. The summed E-state index contributed by atoms with van der Waals surface area (Å²) in [5, 5.41) is 15.4. The summed E-state index contributed by atoms with van der Waals surface area (Å²) in [6.45, 7) is 0. The fraction of sp³-hybridized carbons (Fsp3) is 0. The third kappa shape index (κ3) is 6.74. The van der Waals surface area contributed by atoms with E-state index in [9.17, 15) is 8.78 Å². The summed E-state index contributed by atoms with van der Waals surface area (Å²) >= 11 is 0. The molecule has 3 nitrogen and oxygen atoms in total. The molecule has 0 rings (SSSR count). The maximum absolute atomic E-state index is 11.2. The summed E-state index contributed by atoms with van der Waals surface area (Å²) in [6.07, 6.45) is 0.436. The molecule has 0 aliphatic carbocycles. The van der Waals surface area contributed by atoms with Crippen molar-refractivity contribution in [3.8, 4) is 0 Å². The third-order valence-electron chi connectivity index (χ3n) is 0.331. The Morgan fingerprint density at radius 2 is 1.44 bits per heavy atom. The SMILES string of the molecule is OC(F)=COC=C(O)F. The molecule has 0 atom stereocenters. The Bertz CT molecular complexity index is 117. The van der Waals surface area contributed by atoms with Gasteiger partial charge in [0.1, 0.15) is 0 Å². The van der Waals surface area contributed by atoms with Crippen molar-refractivity contribution in [2.75, 3.05) is 0 Å². The highest BCUT2D eigenvalue weighted by Crippen LogP contribution is 1.93. The number of hydrogen-bond acceptors (Lipinski definition) is 3. The van der Waals surface area contributed by atoms with Gasteiger partial charge in [-0.2, -0.15) is 8.78 Å². The molecule has 0 radical (unpaired) electrons. The van der Waals surface area contributed by atoms with E-state index < -0.39 is 12.0 Å². The average Bonchev–Trinajstić information content (AvgIpc) is 1.63. The lowest BCUT2D eigenvalue weighted by Gasteiger charge is -1.86. The first kappa shape index (κ1) is 7.74. The molecule has 0 heterocycles. The predicted molar refractivity (Wildman–Crippen MR) is 24.7 cm³/mol. The van der Waals surface area contributed by atoms with Gasteiger partial charge >= 0.3 is 12.0 Å². The van der Waals surface area contributed by atoms with Gasteiger partial charge in [-0.15, -0.1) is 0 Å². The van der Waals surface area contributed by atoms with Crippen molar-refractivity contribution in [1.29, 1.82) is 0 Å². The highest BCUT2D eigenvalue weighted by Gasteiger charge is 1.85. The van der Waals surface area contributed by atoms with Crippen LogP contribution in [-0.2, 0) is 4.74 Å². The van der Waals surface area contributed by atoms with Crippen molar-refractivity contribution in [2.45, 2.75) is 0 Å². The van der Waals surface area contributed by atoms with Gasteiger partial charge in [0.05, 0.1) is 0 Å². The molecule has 0 bridgehead atoms. The smallest absolute Gasteiger partial charge is 0.306 e. The van der Waals surface area contributed by atoms with Gasteiger partial charge in [-0.3, -0.25) is 0 Å². The molecule has 9 heavy (non-hydrogen) atoms. The Morgan fingerprint density at radius 3 is 1.67 bits per heavy atom. The number of ether oxygens (including phenoxy) is 1. The molecule has 2 N–H and O–H groups in total. The molecule has 0 aliphatic heterocycles. The van der Waals surface area contributed by atoms with E-state index in [0.29, 0.717) is 0 Å². The van der Waals surface area contributed by atoms with Crippen LogP contribution in [0.25, 0.3) is 0 Å². The van der Waals surface area contributed by atoms with Crippen LogP contribution in [0.1, 0.15) is 0 Å². The fourth-order valence-corrected chi connectivity index (χ4v) is 0.146. The minimum absolute atomic E-state index is 0.218. The van der Waals surface area contributed by atoms with Crippen molar-refractivity contribution in [3.05, 3.63) is 24.6 Å². The van der Waals surface area contributed by atoms with Gasteiger partial charge in [-0.25, -0.2) is 0 Å². The van der Waals surface area contributed by atoms with Crippen molar-refractivity contribution in [2.24, 2.45) is 0 Å². The predicted octanol–water partition coefficient (Wildman–Crippen LogP) is 1.66. The lowest BCUT2D eigenvalue weighted by atomic mass is 10.9. The van der Waals surface area contributed by atoms with Crippen molar-refractivity contribution >= 4 is 0 Å². The van der Waals surface area contributed by atoms with Crippen molar-refractivity contribution in [1.82, 2.24) is 0 Å². The van der Waals surface area contributed by atoms with E-state index in [1.165, 1.54) is 0 Å². The van der Waals surface area contributed by atoms with E-state index >= 15 is 0 Å². The molecule has 0 aromatic carbocycles. The maximum atomic E-state index is 11.2. The number of halogens is 2. The van der Waals surface area contributed by atoms with Gasteiger partial charge < -0.3 is 14.9 Å². The van der Waals surface area contributed by atoms with E-state index in [2.05, 4.69) is 4.74 Å². The average molecular weight is 138 g/mol. The summed E-state index contributed by atoms with van der Waals surface area (Å²) in [5.74, 6) is 0. The van der Waals surface area contributed by atoms with Crippen LogP contribution in [0.4, 0.5) is 8.78 Å². The van der Waals surface area contributed by atoms with Gasteiger partial charge in [0.25, 0.3) is 0 Å². The summed E-state index contributed by atoms with van der Waals surface area (Å²) in [6, 6.07) is -3.21. The second kappa shape index (κ2) is 3.71. The van der Waals surface area contributed by atoms with Crippen LogP contribution in [0.5, 0.6) is 0 Å². The minimum Gasteiger partial charge on any atom is -0.484 e. The van der Waals surface area contributed by atoms with Crippen LogP contribution in [0.3, 0.4) is 0 Å². The Morgan fingerprint density at radius 1 is 1.11 bits per heavy atom. The fourth-order valence-electron chi connectivity index (χ4n) is 0.146. The van der Waals surface area contributed by atoms with Gasteiger partial charge in [0.15, 0.2) is 12.5 Å². The minimum atomic E-state index is -1.60. The Balaban J connectivity index is 3.53. The Labute approximate surface area is 49.5 Å². The normalized spacial score (nSPS) is 13.6. The van der Waals surface area contributed by atoms with E-state index in [4.69, 9.17) is 10.2 Å². The first-order valence-electron chi connectivity index (χ1n) is 1.87. The van der Waals surface area contributed by atoms with Crippen molar-refractivity contribution < 1.29 is 23.7 Å².